The van der Waals surface area contributed by atoms with Gasteiger partial charge < -0.3 is 5.73 Å². The van der Waals surface area contributed by atoms with Crippen LogP contribution in [0.3, 0.4) is 0 Å². The van der Waals surface area contributed by atoms with Crippen LogP contribution in [0.2, 0.25) is 0 Å². The van der Waals surface area contributed by atoms with Gasteiger partial charge in [0.2, 0.25) is 0 Å². The van der Waals surface area contributed by atoms with Gasteiger partial charge in [-0.1, -0.05) is 33.1 Å². The normalized spacial score (nSPS) is 27.2. The van der Waals surface area contributed by atoms with Gasteiger partial charge in [-0.25, -0.2) is 0 Å². The third kappa shape index (κ3) is 2.01. The van der Waals surface area contributed by atoms with Crippen LogP contribution < -0.4 is 5.73 Å². The molecule has 2 fully saturated rings. The first-order valence-electron chi connectivity index (χ1n) is 5.56. The topological polar surface area (TPSA) is 26.0 Å². The summed E-state index contributed by atoms with van der Waals surface area (Å²) in [5, 5.41) is 0. The van der Waals surface area contributed by atoms with Crippen LogP contribution >= 0.6 is 0 Å². The largest absolute Gasteiger partial charge is 0.328 e. The van der Waals surface area contributed by atoms with Crippen molar-refractivity contribution in [2.45, 2.75) is 64.8 Å². The van der Waals surface area contributed by atoms with Gasteiger partial charge >= 0.3 is 0 Å². The maximum atomic E-state index is 5.78. The van der Waals surface area contributed by atoms with Crippen molar-refractivity contribution in [3.63, 3.8) is 0 Å². The zero-order valence-corrected chi connectivity index (χ0v) is 8.60. The highest BCUT2D eigenvalue weighted by molar-refractivity contribution is 4.97. The van der Waals surface area contributed by atoms with E-state index in [1.807, 2.05) is 13.8 Å². The van der Waals surface area contributed by atoms with Gasteiger partial charge in [0.25, 0.3) is 0 Å². The van der Waals surface area contributed by atoms with Crippen molar-refractivity contribution in [1.82, 2.24) is 0 Å². The van der Waals surface area contributed by atoms with Crippen LogP contribution in [0.25, 0.3) is 0 Å². The molecule has 2 rings (SSSR count). The number of nitrogens with two attached hydrogens (primary N) is 1. The Labute approximate surface area is 76.7 Å². The van der Waals surface area contributed by atoms with E-state index in [0.717, 1.165) is 5.41 Å². The van der Waals surface area contributed by atoms with E-state index in [4.69, 9.17) is 5.73 Å². The van der Waals surface area contributed by atoms with E-state index in [1.165, 1.54) is 44.9 Å². The molecule has 0 aromatic rings. The Kier molecular flexibility index (Phi) is 3.57. The minimum atomic E-state index is 0.554. The molecule has 0 aromatic heterocycles. The van der Waals surface area contributed by atoms with Crippen molar-refractivity contribution < 1.29 is 0 Å². The summed E-state index contributed by atoms with van der Waals surface area (Å²) in [5.74, 6) is 0. The molecule has 0 bridgehead atoms. The third-order valence-corrected chi connectivity index (χ3v) is 3.30. The highest BCUT2D eigenvalue weighted by Gasteiger charge is 2.42. The van der Waals surface area contributed by atoms with Gasteiger partial charge in [-0.05, 0) is 31.1 Å². The van der Waals surface area contributed by atoms with Gasteiger partial charge in [-0.3, -0.25) is 0 Å². The van der Waals surface area contributed by atoms with E-state index < -0.39 is 0 Å². The standard InChI is InChI=1S/C9H17N.C2H6/c10-8-6-9(7-8)4-2-1-3-5-9;1-2/h8H,1-7,10H2;1-2H3. The first kappa shape index (κ1) is 10.0. The molecule has 0 saturated heterocycles. The molecule has 0 amide bonds. The lowest BCUT2D eigenvalue weighted by molar-refractivity contribution is 0.0554. The number of hydrogen-bond donors (Lipinski definition) is 1. The van der Waals surface area contributed by atoms with Gasteiger partial charge in [-0.2, -0.15) is 0 Å². The molecule has 1 spiro atoms. The molecule has 0 radical (unpaired) electrons. The molecule has 1 nitrogen and oxygen atoms in total. The lowest BCUT2D eigenvalue weighted by atomic mass is 9.59. The molecule has 12 heavy (non-hydrogen) atoms. The molecule has 2 N–H and O–H groups in total. The Balaban J connectivity index is 0.000000336. The van der Waals surface area contributed by atoms with Gasteiger partial charge in [0.15, 0.2) is 0 Å². The second-order valence-corrected chi connectivity index (χ2v) is 4.23. The number of hydrogen-bond acceptors (Lipinski definition) is 1. The van der Waals surface area contributed by atoms with E-state index in [9.17, 15) is 0 Å². The number of rotatable bonds is 0. The second kappa shape index (κ2) is 4.27. The van der Waals surface area contributed by atoms with Crippen molar-refractivity contribution in [2.75, 3.05) is 0 Å². The van der Waals surface area contributed by atoms with Crippen LogP contribution in [0, 0.1) is 5.41 Å². The summed E-state index contributed by atoms with van der Waals surface area (Å²) in [7, 11) is 0. The van der Waals surface area contributed by atoms with Gasteiger partial charge in [-0.15, -0.1) is 0 Å². The van der Waals surface area contributed by atoms with Crippen LogP contribution in [0.4, 0.5) is 0 Å². The van der Waals surface area contributed by atoms with Crippen molar-refractivity contribution >= 4 is 0 Å². The lowest BCUT2D eigenvalue weighted by Crippen LogP contribution is -2.46. The van der Waals surface area contributed by atoms with E-state index >= 15 is 0 Å². The molecule has 0 aromatic carbocycles. The Hall–Kier alpha value is -0.0400. The summed E-state index contributed by atoms with van der Waals surface area (Å²) < 4.78 is 0. The monoisotopic (exact) mass is 169 g/mol. The molecule has 2 saturated carbocycles. The molecular formula is C11H23N. The molecule has 2 aliphatic carbocycles. The molecule has 0 aliphatic heterocycles. The van der Waals surface area contributed by atoms with E-state index in [2.05, 4.69) is 0 Å². The zero-order chi connectivity index (χ0) is 9.03. The highest BCUT2D eigenvalue weighted by Crippen LogP contribution is 2.50. The van der Waals surface area contributed by atoms with Crippen molar-refractivity contribution in [2.24, 2.45) is 11.1 Å². The predicted octanol–water partition coefficient (Wildman–Crippen LogP) is 3.08. The van der Waals surface area contributed by atoms with Crippen LogP contribution in [-0.4, -0.2) is 6.04 Å². The second-order valence-electron chi connectivity index (χ2n) is 4.23. The van der Waals surface area contributed by atoms with Crippen LogP contribution in [0.15, 0.2) is 0 Å². The summed E-state index contributed by atoms with van der Waals surface area (Å²) >= 11 is 0. The summed E-state index contributed by atoms with van der Waals surface area (Å²) in [6.45, 7) is 4.00. The molecule has 72 valence electrons. The van der Waals surface area contributed by atoms with Crippen molar-refractivity contribution in [3.8, 4) is 0 Å². The van der Waals surface area contributed by atoms with E-state index in [0.29, 0.717) is 6.04 Å². The Morgan fingerprint density at radius 2 is 1.50 bits per heavy atom. The quantitative estimate of drug-likeness (QED) is 0.592. The molecule has 2 aliphatic rings. The average molecular weight is 169 g/mol. The summed E-state index contributed by atoms with van der Waals surface area (Å²) in [6.07, 6.45) is 10.00. The molecule has 1 heteroatoms. The van der Waals surface area contributed by atoms with Crippen LogP contribution in [0.1, 0.15) is 58.8 Å². The van der Waals surface area contributed by atoms with E-state index in [1.54, 1.807) is 0 Å². The summed E-state index contributed by atoms with van der Waals surface area (Å²) in [4.78, 5) is 0. The fourth-order valence-electron chi connectivity index (χ4n) is 2.76. The minimum absolute atomic E-state index is 0.554. The predicted molar refractivity (Wildman–Crippen MR) is 54.1 cm³/mol. The fraction of sp³-hybridized carbons (Fsp3) is 1.00. The first-order chi connectivity index (χ1) is 5.81. The molecule has 0 heterocycles. The SMILES string of the molecule is CC.NC1CC2(CCCCC2)C1. The third-order valence-electron chi connectivity index (χ3n) is 3.30. The van der Waals surface area contributed by atoms with Crippen LogP contribution in [-0.2, 0) is 0 Å². The fourth-order valence-corrected chi connectivity index (χ4v) is 2.76. The van der Waals surface area contributed by atoms with Gasteiger partial charge in [0, 0.05) is 6.04 Å². The molecule has 0 atom stereocenters. The van der Waals surface area contributed by atoms with Crippen molar-refractivity contribution in [1.29, 1.82) is 0 Å². The van der Waals surface area contributed by atoms with E-state index in [-0.39, 0.29) is 0 Å². The molecule has 0 unspecified atom stereocenters. The maximum absolute atomic E-state index is 5.78. The summed E-state index contributed by atoms with van der Waals surface area (Å²) in [5.41, 5.74) is 6.53. The van der Waals surface area contributed by atoms with Gasteiger partial charge in [0.1, 0.15) is 0 Å². The zero-order valence-electron chi connectivity index (χ0n) is 8.60. The molecular weight excluding hydrogens is 146 g/mol. The average Bonchev–Trinajstić information content (AvgIpc) is 2.08. The highest BCUT2D eigenvalue weighted by atomic mass is 14.7. The Bertz CT molecular complexity index is 109. The minimum Gasteiger partial charge on any atom is -0.328 e. The van der Waals surface area contributed by atoms with Crippen LogP contribution in [0.5, 0.6) is 0 Å². The maximum Gasteiger partial charge on any atom is 0.00494 e. The summed E-state index contributed by atoms with van der Waals surface area (Å²) in [6, 6.07) is 0.554. The van der Waals surface area contributed by atoms with Crippen molar-refractivity contribution in [3.05, 3.63) is 0 Å². The van der Waals surface area contributed by atoms with Gasteiger partial charge in [0.05, 0.1) is 0 Å². The Morgan fingerprint density at radius 1 is 1.00 bits per heavy atom. The Morgan fingerprint density at radius 3 is 1.92 bits per heavy atom. The lowest BCUT2D eigenvalue weighted by Gasteiger charge is -2.49. The first-order valence-corrected chi connectivity index (χ1v) is 5.56. The smallest absolute Gasteiger partial charge is 0.00494 e.